The molecule has 0 saturated carbocycles. The van der Waals surface area contributed by atoms with Crippen LogP contribution in [-0.2, 0) is 11.2 Å². The number of hydrogen-bond acceptors (Lipinski definition) is 3. The van der Waals surface area contributed by atoms with Crippen molar-refractivity contribution in [1.82, 2.24) is 0 Å². The van der Waals surface area contributed by atoms with Crippen LogP contribution in [0.2, 0.25) is 0 Å². The molecule has 3 rings (SSSR count). The number of rotatable bonds is 3. The topological polar surface area (TPSA) is 49.8 Å². The molecule has 0 bridgehead atoms. The predicted octanol–water partition coefficient (Wildman–Crippen LogP) is 2.98. The summed E-state index contributed by atoms with van der Waals surface area (Å²) < 4.78 is 5.89. The van der Waals surface area contributed by atoms with E-state index in [2.05, 4.69) is 12.0 Å². The maximum absolute atomic E-state index is 12.8. The van der Waals surface area contributed by atoms with Gasteiger partial charge in [-0.25, -0.2) is 0 Å². The van der Waals surface area contributed by atoms with Gasteiger partial charge in [-0.3, -0.25) is 9.69 Å². The summed E-state index contributed by atoms with van der Waals surface area (Å²) >= 11 is 0. The van der Waals surface area contributed by atoms with Gasteiger partial charge in [0.2, 0.25) is 0 Å². The first kappa shape index (κ1) is 15.9. The lowest BCUT2D eigenvalue weighted by Crippen LogP contribution is -2.47. The Morgan fingerprint density at radius 1 is 1.25 bits per heavy atom. The summed E-state index contributed by atoms with van der Waals surface area (Å²) in [5, 5.41) is 9.68. The van der Waals surface area contributed by atoms with Gasteiger partial charge in [0.05, 0.1) is 12.2 Å². The summed E-state index contributed by atoms with van der Waals surface area (Å²) in [5.41, 5.74) is 3.89. The fourth-order valence-corrected chi connectivity index (χ4v) is 2.97. The van der Waals surface area contributed by atoms with Gasteiger partial charge in [-0.15, -0.1) is 6.42 Å². The number of amides is 1. The molecule has 0 aromatic heterocycles. The number of carbonyl (C=O) groups is 1. The molecule has 2 aromatic carbocycles. The molecule has 24 heavy (non-hydrogen) atoms. The van der Waals surface area contributed by atoms with Crippen molar-refractivity contribution in [2.75, 3.05) is 11.4 Å². The maximum atomic E-state index is 12.8. The van der Waals surface area contributed by atoms with Crippen molar-refractivity contribution in [3.63, 3.8) is 0 Å². The fraction of sp³-hybridized carbons (Fsp3) is 0.250. The van der Waals surface area contributed by atoms with E-state index in [4.69, 9.17) is 11.2 Å². The number of benzene rings is 2. The third-order valence-corrected chi connectivity index (χ3v) is 4.20. The van der Waals surface area contributed by atoms with E-state index in [1.165, 1.54) is 22.6 Å². The zero-order valence-electron chi connectivity index (χ0n) is 13.7. The van der Waals surface area contributed by atoms with Crippen molar-refractivity contribution in [2.24, 2.45) is 0 Å². The molecule has 0 saturated heterocycles. The molecule has 4 nitrogen and oxygen atoms in total. The molecule has 0 fully saturated rings. The molecule has 1 heterocycles. The minimum atomic E-state index is -0.628. The Morgan fingerprint density at radius 3 is 2.75 bits per heavy atom. The molecule has 122 valence electrons. The number of carbonyl (C=O) groups excluding carboxylic acids is 1. The highest BCUT2D eigenvalue weighted by molar-refractivity contribution is 6.00. The highest BCUT2D eigenvalue weighted by Gasteiger charge is 2.34. The number of anilines is 1. The summed E-state index contributed by atoms with van der Waals surface area (Å²) in [6, 6.07) is 10.8. The van der Waals surface area contributed by atoms with E-state index in [0.717, 1.165) is 11.1 Å². The van der Waals surface area contributed by atoms with E-state index in [0.29, 0.717) is 17.9 Å². The van der Waals surface area contributed by atoms with E-state index in [9.17, 15) is 9.90 Å². The lowest BCUT2D eigenvalue weighted by Gasteiger charge is -2.33. The van der Waals surface area contributed by atoms with Crippen molar-refractivity contribution in [2.45, 2.75) is 26.4 Å². The summed E-state index contributed by atoms with van der Waals surface area (Å²) in [6.07, 6.45) is 5.26. The van der Waals surface area contributed by atoms with E-state index in [1.54, 1.807) is 6.07 Å². The quantitative estimate of drug-likeness (QED) is 0.884. The van der Waals surface area contributed by atoms with Crippen LogP contribution in [0.4, 0.5) is 5.69 Å². The Labute approximate surface area is 141 Å². The van der Waals surface area contributed by atoms with E-state index < -0.39 is 6.10 Å². The lowest BCUT2D eigenvalue weighted by atomic mass is 9.99. The van der Waals surface area contributed by atoms with Crippen LogP contribution >= 0.6 is 0 Å². The molecule has 1 atom stereocenters. The van der Waals surface area contributed by atoms with Crippen molar-refractivity contribution >= 4 is 11.6 Å². The summed E-state index contributed by atoms with van der Waals surface area (Å²) in [7, 11) is 0. The summed E-state index contributed by atoms with van der Waals surface area (Å²) in [4.78, 5) is 14.3. The van der Waals surface area contributed by atoms with Crippen molar-refractivity contribution in [1.29, 1.82) is 0 Å². The van der Waals surface area contributed by atoms with Crippen LogP contribution in [0.15, 0.2) is 36.4 Å². The minimum Gasteiger partial charge on any atom is -0.508 e. The largest absolute Gasteiger partial charge is 0.508 e. The van der Waals surface area contributed by atoms with Gasteiger partial charge in [0, 0.05) is 12.5 Å². The van der Waals surface area contributed by atoms with Gasteiger partial charge in [-0.05, 0) is 37.1 Å². The molecule has 0 radical (unpaired) electrons. The first-order valence-electron chi connectivity index (χ1n) is 7.80. The van der Waals surface area contributed by atoms with Crippen LogP contribution in [0.25, 0.3) is 0 Å². The van der Waals surface area contributed by atoms with Gasteiger partial charge in [0.15, 0.2) is 6.10 Å². The van der Waals surface area contributed by atoms with E-state index in [-0.39, 0.29) is 18.2 Å². The third-order valence-electron chi connectivity index (χ3n) is 4.20. The molecule has 1 unspecified atom stereocenters. The molecular formula is C20H19NO3. The predicted molar refractivity (Wildman–Crippen MR) is 93.3 cm³/mol. The molecule has 1 N–H and O–H groups in total. The number of phenolic OH excluding ortho intramolecular Hbond substituents is 1. The van der Waals surface area contributed by atoms with Crippen molar-refractivity contribution in [3.05, 3.63) is 53.1 Å². The van der Waals surface area contributed by atoms with Gasteiger partial charge in [-0.2, -0.15) is 0 Å². The smallest absolute Gasteiger partial charge is 0.269 e. The van der Waals surface area contributed by atoms with Crippen molar-refractivity contribution < 1.29 is 14.6 Å². The Bertz CT molecular complexity index is 835. The number of fused-ring (bicyclic) bond motifs is 1. The average Bonchev–Trinajstić information content (AvgIpc) is 2.54. The number of phenols is 1. The minimum absolute atomic E-state index is 0.0694. The van der Waals surface area contributed by atoms with Gasteiger partial charge < -0.3 is 9.84 Å². The highest BCUT2D eigenvalue weighted by Crippen LogP contribution is 2.37. The number of aryl methyl sites for hydroxylation is 2. The van der Waals surface area contributed by atoms with Crippen LogP contribution in [-0.4, -0.2) is 23.7 Å². The zero-order chi connectivity index (χ0) is 17.3. The highest BCUT2D eigenvalue weighted by atomic mass is 16.5. The van der Waals surface area contributed by atoms with Gasteiger partial charge in [-0.1, -0.05) is 29.7 Å². The molecule has 1 aliphatic rings. The van der Waals surface area contributed by atoms with Crippen LogP contribution in [0.5, 0.6) is 11.5 Å². The Hall–Kier alpha value is -2.93. The number of nitrogens with zero attached hydrogens (tertiary/aromatic N) is 1. The standard InChI is InChI=1S/C20H19NO3/c1-4-9-21-17-12-16(22)7-8-18(17)24-19(20(21)23)11-15-6-5-13(2)10-14(15)3/h1,5-8,10,12,19,22H,9,11H2,2-3H3. The van der Waals surface area contributed by atoms with Gasteiger partial charge in [0.1, 0.15) is 11.5 Å². The van der Waals surface area contributed by atoms with Crippen molar-refractivity contribution in [3.8, 4) is 23.8 Å². The molecule has 0 aliphatic carbocycles. The number of ether oxygens (including phenoxy) is 1. The summed E-state index contributed by atoms with van der Waals surface area (Å²) in [6.45, 7) is 4.21. The molecule has 1 amide bonds. The average molecular weight is 321 g/mol. The Morgan fingerprint density at radius 2 is 2.04 bits per heavy atom. The molecular weight excluding hydrogens is 302 g/mol. The second-order valence-electron chi connectivity index (χ2n) is 6.02. The number of aromatic hydroxyl groups is 1. The van der Waals surface area contributed by atoms with Gasteiger partial charge in [0.25, 0.3) is 5.91 Å². The second-order valence-corrected chi connectivity index (χ2v) is 6.02. The molecule has 2 aromatic rings. The van der Waals surface area contributed by atoms with Gasteiger partial charge >= 0.3 is 0 Å². The molecule has 0 spiro atoms. The Balaban J connectivity index is 1.94. The lowest BCUT2D eigenvalue weighted by molar-refractivity contribution is -0.126. The third kappa shape index (κ3) is 2.93. The fourth-order valence-electron chi connectivity index (χ4n) is 2.97. The monoisotopic (exact) mass is 321 g/mol. The van der Waals surface area contributed by atoms with Crippen LogP contribution in [0, 0.1) is 26.2 Å². The van der Waals surface area contributed by atoms with Crippen LogP contribution in [0.3, 0.4) is 0 Å². The normalized spacial score (nSPS) is 16.3. The van der Waals surface area contributed by atoms with Crippen LogP contribution in [0.1, 0.15) is 16.7 Å². The Kier molecular flexibility index (Phi) is 4.18. The number of terminal acetylenes is 1. The number of hydrogen-bond donors (Lipinski definition) is 1. The zero-order valence-corrected chi connectivity index (χ0v) is 13.7. The SMILES string of the molecule is C#CCN1C(=O)C(Cc2ccc(C)cc2C)Oc2ccc(O)cc21. The molecule has 1 aliphatic heterocycles. The van der Waals surface area contributed by atoms with E-state index in [1.807, 2.05) is 26.0 Å². The first-order valence-corrected chi connectivity index (χ1v) is 7.80. The van der Waals surface area contributed by atoms with E-state index >= 15 is 0 Å². The first-order chi connectivity index (χ1) is 11.5. The second kappa shape index (κ2) is 6.29. The van der Waals surface area contributed by atoms with Crippen LogP contribution < -0.4 is 9.64 Å². The molecule has 4 heteroatoms. The maximum Gasteiger partial charge on any atom is 0.269 e. The summed E-state index contributed by atoms with van der Waals surface area (Å²) in [5.74, 6) is 2.93.